The van der Waals surface area contributed by atoms with E-state index in [1.54, 1.807) is 0 Å². The van der Waals surface area contributed by atoms with Gasteiger partial charge in [-0.1, -0.05) is 19.9 Å². The Morgan fingerprint density at radius 3 is 2.27 bits per heavy atom. The van der Waals surface area contributed by atoms with Crippen LogP contribution in [0.4, 0.5) is 0 Å². The summed E-state index contributed by atoms with van der Waals surface area (Å²) in [7, 11) is 0. The maximum atomic E-state index is 10.0. The Balaban J connectivity index is 2.49. The molecule has 0 radical (unpaired) electrons. The zero-order valence-corrected chi connectivity index (χ0v) is 13.9. The van der Waals surface area contributed by atoms with Crippen molar-refractivity contribution in [3.05, 3.63) is 29.3 Å². The molecule has 0 aliphatic carbocycles. The second kappa shape index (κ2) is 9.79. The molecular weight excluding hydrogens is 282 g/mol. The van der Waals surface area contributed by atoms with E-state index in [2.05, 4.69) is 26.8 Å². The number of aliphatic hydroxyl groups is 3. The molecule has 126 valence electrons. The standard InChI is InChI=1S/C17H29NO4/c1-13(2)17-5-4-16(10-14(17)3)22-12-15(21)11-18(6-8-19)7-9-20/h4-5,10,13,15,19-21H,6-9,11-12H2,1-3H3/p+1/t15-/m0/s1. The van der Waals surface area contributed by atoms with Gasteiger partial charge in [0.2, 0.25) is 0 Å². The Bertz CT molecular complexity index is 431. The van der Waals surface area contributed by atoms with Gasteiger partial charge >= 0.3 is 0 Å². The Morgan fingerprint density at radius 1 is 1.14 bits per heavy atom. The highest BCUT2D eigenvalue weighted by atomic mass is 16.5. The van der Waals surface area contributed by atoms with Gasteiger partial charge in [0.1, 0.15) is 38.1 Å². The van der Waals surface area contributed by atoms with Gasteiger partial charge in [0.25, 0.3) is 0 Å². The van der Waals surface area contributed by atoms with Crippen LogP contribution in [0.1, 0.15) is 30.9 Å². The molecule has 1 aromatic rings. The van der Waals surface area contributed by atoms with Crippen molar-refractivity contribution in [3.8, 4) is 5.75 Å². The van der Waals surface area contributed by atoms with E-state index in [0.717, 1.165) is 10.6 Å². The van der Waals surface area contributed by atoms with E-state index in [4.69, 9.17) is 14.9 Å². The highest BCUT2D eigenvalue weighted by Crippen LogP contribution is 2.23. The molecule has 1 atom stereocenters. The minimum atomic E-state index is -0.627. The molecule has 0 fully saturated rings. The van der Waals surface area contributed by atoms with Crippen LogP contribution >= 0.6 is 0 Å². The molecule has 1 rings (SSSR count). The fourth-order valence-electron chi connectivity index (χ4n) is 2.62. The molecule has 0 saturated heterocycles. The molecule has 4 N–H and O–H groups in total. The molecule has 0 saturated carbocycles. The minimum Gasteiger partial charge on any atom is -0.491 e. The highest BCUT2D eigenvalue weighted by molar-refractivity contribution is 5.36. The first-order valence-electron chi connectivity index (χ1n) is 7.94. The Kier molecular flexibility index (Phi) is 8.42. The number of hydrogen-bond donors (Lipinski definition) is 4. The van der Waals surface area contributed by atoms with Gasteiger partial charge in [-0.15, -0.1) is 0 Å². The fraction of sp³-hybridized carbons (Fsp3) is 0.647. The summed E-state index contributed by atoms with van der Waals surface area (Å²) in [4.78, 5) is 0.965. The zero-order chi connectivity index (χ0) is 16.5. The molecule has 22 heavy (non-hydrogen) atoms. The van der Waals surface area contributed by atoms with E-state index < -0.39 is 6.10 Å². The van der Waals surface area contributed by atoms with Gasteiger partial charge in [0, 0.05) is 0 Å². The number of hydrogen-bond acceptors (Lipinski definition) is 4. The predicted molar refractivity (Wildman–Crippen MR) is 86.5 cm³/mol. The maximum absolute atomic E-state index is 10.0. The Hall–Kier alpha value is -1.14. The van der Waals surface area contributed by atoms with E-state index in [-0.39, 0.29) is 19.8 Å². The summed E-state index contributed by atoms with van der Waals surface area (Å²) in [6, 6.07) is 5.99. The van der Waals surface area contributed by atoms with Gasteiger partial charge < -0.3 is 25.0 Å². The lowest BCUT2D eigenvalue weighted by Crippen LogP contribution is -3.14. The first-order valence-corrected chi connectivity index (χ1v) is 7.94. The Morgan fingerprint density at radius 2 is 1.77 bits per heavy atom. The molecule has 0 amide bonds. The number of quaternary nitrogens is 1. The third-order valence-corrected chi connectivity index (χ3v) is 3.76. The lowest BCUT2D eigenvalue weighted by atomic mass is 9.98. The summed E-state index contributed by atoms with van der Waals surface area (Å²) in [6.07, 6.45) is -0.627. The van der Waals surface area contributed by atoms with Gasteiger partial charge in [0.15, 0.2) is 0 Å². The lowest BCUT2D eigenvalue weighted by Gasteiger charge is -2.21. The normalized spacial score (nSPS) is 12.9. The van der Waals surface area contributed by atoms with E-state index in [0.29, 0.717) is 25.6 Å². The second-order valence-electron chi connectivity index (χ2n) is 6.04. The molecule has 0 bridgehead atoms. The van der Waals surface area contributed by atoms with Crippen LogP contribution in [0.2, 0.25) is 0 Å². The van der Waals surface area contributed by atoms with Gasteiger partial charge in [-0.3, -0.25) is 0 Å². The molecule has 1 aromatic carbocycles. The van der Waals surface area contributed by atoms with Crippen molar-refractivity contribution in [1.82, 2.24) is 0 Å². The minimum absolute atomic E-state index is 0.0404. The molecule has 0 spiro atoms. The van der Waals surface area contributed by atoms with Crippen LogP contribution < -0.4 is 9.64 Å². The number of benzene rings is 1. The average Bonchev–Trinajstić information content (AvgIpc) is 2.45. The van der Waals surface area contributed by atoms with Crippen LogP contribution in [0.15, 0.2) is 18.2 Å². The Labute approximate surface area is 133 Å². The number of aliphatic hydroxyl groups excluding tert-OH is 3. The molecule has 0 aliphatic heterocycles. The van der Waals surface area contributed by atoms with Crippen LogP contribution in [-0.2, 0) is 0 Å². The monoisotopic (exact) mass is 312 g/mol. The van der Waals surface area contributed by atoms with Crippen molar-refractivity contribution >= 4 is 0 Å². The summed E-state index contributed by atoms with van der Waals surface area (Å²) in [5.74, 6) is 1.24. The molecule has 0 unspecified atom stereocenters. The van der Waals surface area contributed by atoms with Crippen LogP contribution in [0.25, 0.3) is 0 Å². The molecule has 5 heteroatoms. The first kappa shape index (κ1) is 18.9. The summed E-state index contributed by atoms with van der Waals surface area (Å²) in [5.41, 5.74) is 2.49. The van der Waals surface area contributed by atoms with Crippen molar-refractivity contribution < 1.29 is 25.0 Å². The number of aryl methyl sites for hydroxylation is 1. The number of nitrogens with one attached hydrogen (secondary N) is 1. The van der Waals surface area contributed by atoms with E-state index in [1.807, 2.05) is 12.1 Å². The molecule has 0 aliphatic rings. The number of rotatable bonds is 10. The van der Waals surface area contributed by atoms with Crippen molar-refractivity contribution in [2.75, 3.05) is 39.5 Å². The van der Waals surface area contributed by atoms with Gasteiger partial charge in [0.05, 0.1) is 13.2 Å². The SMILES string of the molecule is Cc1cc(OC[C@@H](O)C[NH+](CCO)CCO)ccc1C(C)C. The van der Waals surface area contributed by atoms with Crippen LogP contribution in [0.5, 0.6) is 5.75 Å². The fourth-order valence-corrected chi connectivity index (χ4v) is 2.62. The van der Waals surface area contributed by atoms with Crippen molar-refractivity contribution in [2.24, 2.45) is 0 Å². The highest BCUT2D eigenvalue weighted by Gasteiger charge is 2.15. The van der Waals surface area contributed by atoms with E-state index in [1.165, 1.54) is 11.1 Å². The summed E-state index contributed by atoms with van der Waals surface area (Å²) < 4.78 is 5.65. The summed E-state index contributed by atoms with van der Waals surface area (Å²) in [5, 5.41) is 28.0. The van der Waals surface area contributed by atoms with Crippen molar-refractivity contribution in [2.45, 2.75) is 32.8 Å². The van der Waals surface area contributed by atoms with Crippen LogP contribution in [0, 0.1) is 6.92 Å². The summed E-state index contributed by atoms with van der Waals surface area (Å²) >= 11 is 0. The second-order valence-corrected chi connectivity index (χ2v) is 6.04. The number of ether oxygens (including phenoxy) is 1. The van der Waals surface area contributed by atoms with Gasteiger partial charge in [-0.05, 0) is 36.1 Å². The van der Waals surface area contributed by atoms with Crippen molar-refractivity contribution in [3.63, 3.8) is 0 Å². The van der Waals surface area contributed by atoms with Crippen LogP contribution in [-0.4, -0.2) is 60.9 Å². The molecule has 0 heterocycles. The van der Waals surface area contributed by atoms with Crippen LogP contribution in [0.3, 0.4) is 0 Å². The first-order chi connectivity index (χ1) is 10.5. The van der Waals surface area contributed by atoms with Gasteiger partial charge in [-0.25, -0.2) is 0 Å². The third kappa shape index (κ3) is 6.32. The quantitative estimate of drug-likeness (QED) is 0.480. The topological polar surface area (TPSA) is 74.4 Å². The third-order valence-electron chi connectivity index (χ3n) is 3.76. The zero-order valence-electron chi connectivity index (χ0n) is 13.9. The van der Waals surface area contributed by atoms with Gasteiger partial charge in [-0.2, -0.15) is 0 Å². The van der Waals surface area contributed by atoms with Crippen molar-refractivity contribution in [1.29, 1.82) is 0 Å². The van der Waals surface area contributed by atoms with E-state index >= 15 is 0 Å². The molecule has 0 aromatic heterocycles. The predicted octanol–water partition coefficient (Wildman–Crippen LogP) is -0.272. The molecule has 5 nitrogen and oxygen atoms in total. The largest absolute Gasteiger partial charge is 0.491 e. The average molecular weight is 312 g/mol. The maximum Gasteiger partial charge on any atom is 0.137 e. The lowest BCUT2D eigenvalue weighted by molar-refractivity contribution is -0.903. The molecular formula is C17H30NO4+. The summed E-state index contributed by atoms with van der Waals surface area (Å²) in [6.45, 7) is 8.15. The smallest absolute Gasteiger partial charge is 0.137 e. The van der Waals surface area contributed by atoms with E-state index in [9.17, 15) is 5.11 Å².